The van der Waals surface area contributed by atoms with Gasteiger partial charge < -0.3 is 9.64 Å². The van der Waals surface area contributed by atoms with Gasteiger partial charge in [-0.05, 0) is 50.6 Å². The fraction of sp³-hybridized carbons (Fsp3) is 0.292. The van der Waals surface area contributed by atoms with Gasteiger partial charge in [-0.3, -0.25) is 4.98 Å². The van der Waals surface area contributed by atoms with Crippen LogP contribution in [-0.2, 0) is 4.74 Å². The second-order valence-corrected chi connectivity index (χ2v) is 8.60. The third-order valence-corrected chi connectivity index (χ3v) is 6.15. The standard InChI is InChI=1S/C24H21ClF2N6O/c1-12-10-15(6-7-28-12)18-11-33(8-9-34-18)24-31-21(16-4-5-17(25)20(27)19(16)26)22-23(32-24)30-14(3)13(2)29-22/h4-7,10,18H,8-9,11H2,1-3H3/t18-/m1/s1. The highest BCUT2D eigenvalue weighted by Crippen LogP contribution is 2.33. The highest BCUT2D eigenvalue weighted by Gasteiger charge is 2.27. The predicted molar refractivity (Wildman–Crippen MR) is 125 cm³/mol. The van der Waals surface area contributed by atoms with Gasteiger partial charge in [-0.15, -0.1) is 0 Å². The summed E-state index contributed by atoms with van der Waals surface area (Å²) in [6, 6.07) is 6.58. The number of aromatic nitrogens is 5. The van der Waals surface area contributed by atoms with E-state index in [4.69, 9.17) is 16.3 Å². The number of pyridine rings is 1. The summed E-state index contributed by atoms with van der Waals surface area (Å²) in [6.07, 6.45) is 1.53. The minimum absolute atomic E-state index is 0.0531. The first kappa shape index (κ1) is 22.5. The van der Waals surface area contributed by atoms with Crippen LogP contribution in [0.3, 0.4) is 0 Å². The molecule has 1 saturated heterocycles. The van der Waals surface area contributed by atoms with Crippen molar-refractivity contribution in [2.45, 2.75) is 26.9 Å². The fourth-order valence-electron chi connectivity index (χ4n) is 3.94. The van der Waals surface area contributed by atoms with E-state index in [9.17, 15) is 8.78 Å². The van der Waals surface area contributed by atoms with E-state index in [-0.39, 0.29) is 22.4 Å². The Morgan fingerprint density at radius 2 is 1.79 bits per heavy atom. The number of hydrogen-bond donors (Lipinski definition) is 0. The molecule has 7 nitrogen and oxygen atoms in total. The Balaban J connectivity index is 1.64. The second kappa shape index (κ2) is 8.81. The molecule has 1 fully saturated rings. The van der Waals surface area contributed by atoms with Crippen molar-refractivity contribution in [3.8, 4) is 11.3 Å². The van der Waals surface area contributed by atoms with Gasteiger partial charge in [0, 0.05) is 24.0 Å². The third kappa shape index (κ3) is 4.05. The number of benzene rings is 1. The van der Waals surface area contributed by atoms with Crippen LogP contribution in [0.25, 0.3) is 22.4 Å². The molecule has 0 radical (unpaired) electrons. The Morgan fingerprint density at radius 1 is 1.00 bits per heavy atom. The van der Waals surface area contributed by atoms with Crippen LogP contribution < -0.4 is 4.90 Å². The van der Waals surface area contributed by atoms with Crippen LogP contribution in [0.1, 0.15) is 28.7 Å². The van der Waals surface area contributed by atoms with Crippen LogP contribution in [0.2, 0.25) is 5.02 Å². The average Bonchev–Trinajstić information content (AvgIpc) is 2.83. The zero-order valence-electron chi connectivity index (χ0n) is 18.8. The molecule has 0 unspecified atom stereocenters. The van der Waals surface area contributed by atoms with Crippen molar-refractivity contribution >= 4 is 28.7 Å². The Labute approximate surface area is 199 Å². The normalized spacial score (nSPS) is 16.3. The summed E-state index contributed by atoms with van der Waals surface area (Å²) < 4.78 is 35.3. The van der Waals surface area contributed by atoms with Crippen molar-refractivity contribution in [1.82, 2.24) is 24.9 Å². The minimum atomic E-state index is -1.14. The molecule has 1 aliphatic rings. The predicted octanol–water partition coefficient (Wildman–Crippen LogP) is 4.92. The van der Waals surface area contributed by atoms with Gasteiger partial charge in [-0.2, -0.15) is 4.98 Å². The Bertz CT molecular complexity index is 1420. The molecule has 10 heteroatoms. The molecule has 1 aromatic carbocycles. The molecule has 4 heterocycles. The Hall–Kier alpha value is -3.30. The smallest absolute Gasteiger partial charge is 0.228 e. The number of aryl methyl sites for hydroxylation is 3. The first-order valence-corrected chi connectivity index (χ1v) is 11.2. The summed E-state index contributed by atoms with van der Waals surface area (Å²) in [5.41, 5.74) is 3.94. The first-order chi connectivity index (χ1) is 16.3. The lowest BCUT2D eigenvalue weighted by molar-refractivity contribution is 0.0391. The van der Waals surface area contributed by atoms with E-state index in [2.05, 4.69) is 24.9 Å². The van der Waals surface area contributed by atoms with Crippen molar-refractivity contribution in [3.63, 3.8) is 0 Å². The first-order valence-electron chi connectivity index (χ1n) is 10.8. The lowest BCUT2D eigenvalue weighted by Crippen LogP contribution is -2.39. The Morgan fingerprint density at radius 3 is 2.59 bits per heavy atom. The molecule has 0 spiro atoms. The van der Waals surface area contributed by atoms with Gasteiger partial charge in [0.1, 0.15) is 17.3 Å². The number of fused-ring (bicyclic) bond motifs is 1. The molecular formula is C24H21ClF2N6O. The lowest BCUT2D eigenvalue weighted by atomic mass is 10.1. The van der Waals surface area contributed by atoms with E-state index in [0.29, 0.717) is 48.2 Å². The Kier molecular flexibility index (Phi) is 5.83. The van der Waals surface area contributed by atoms with Crippen molar-refractivity contribution in [1.29, 1.82) is 0 Å². The number of halogens is 3. The van der Waals surface area contributed by atoms with E-state index in [1.807, 2.05) is 30.9 Å². The molecule has 1 aliphatic heterocycles. The SMILES string of the molecule is Cc1cc([C@H]2CN(c3nc(-c4ccc(Cl)c(F)c4F)c4nc(C)c(C)nc4n3)CCO2)ccn1. The molecule has 5 rings (SSSR count). The largest absolute Gasteiger partial charge is 0.370 e. The third-order valence-electron chi connectivity index (χ3n) is 5.86. The minimum Gasteiger partial charge on any atom is -0.370 e. The fourth-order valence-corrected chi connectivity index (χ4v) is 4.09. The maximum Gasteiger partial charge on any atom is 0.228 e. The molecule has 34 heavy (non-hydrogen) atoms. The monoisotopic (exact) mass is 482 g/mol. The molecular weight excluding hydrogens is 462 g/mol. The van der Waals surface area contributed by atoms with Crippen LogP contribution >= 0.6 is 11.6 Å². The molecule has 174 valence electrons. The van der Waals surface area contributed by atoms with Gasteiger partial charge >= 0.3 is 0 Å². The van der Waals surface area contributed by atoms with E-state index in [1.54, 1.807) is 13.1 Å². The van der Waals surface area contributed by atoms with Crippen molar-refractivity contribution < 1.29 is 13.5 Å². The average molecular weight is 483 g/mol. The summed E-state index contributed by atoms with van der Waals surface area (Å²) >= 11 is 5.77. The molecule has 1 atom stereocenters. The lowest BCUT2D eigenvalue weighted by Gasteiger charge is -2.33. The van der Waals surface area contributed by atoms with Crippen LogP contribution in [0.15, 0.2) is 30.5 Å². The van der Waals surface area contributed by atoms with Gasteiger partial charge in [0.25, 0.3) is 0 Å². The van der Waals surface area contributed by atoms with Crippen molar-refractivity contribution in [2.75, 3.05) is 24.6 Å². The molecule has 0 N–H and O–H groups in total. The summed E-state index contributed by atoms with van der Waals surface area (Å²) in [6.45, 7) is 6.99. The molecule has 0 aliphatic carbocycles. The zero-order chi connectivity index (χ0) is 24.0. The quantitative estimate of drug-likeness (QED) is 0.384. The van der Waals surface area contributed by atoms with Crippen LogP contribution in [-0.4, -0.2) is 44.6 Å². The molecule has 3 aromatic heterocycles. The summed E-state index contributed by atoms with van der Waals surface area (Å²) in [7, 11) is 0. The number of hydrogen-bond acceptors (Lipinski definition) is 7. The van der Waals surface area contributed by atoms with Gasteiger partial charge in [-0.25, -0.2) is 23.7 Å². The number of nitrogens with zero attached hydrogens (tertiary/aromatic N) is 6. The summed E-state index contributed by atoms with van der Waals surface area (Å²) in [5.74, 6) is -1.89. The number of morpholine rings is 1. The van der Waals surface area contributed by atoms with E-state index >= 15 is 0 Å². The van der Waals surface area contributed by atoms with E-state index < -0.39 is 11.6 Å². The van der Waals surface area contributed by atoms with Gasteiger partial charge in [0.05, 0.1) is 29.6 Å². The van der Waals surface area contributed by atoms with Gasteiger partial charge in [-0.1, -0.05) is 11.6 Å². The van der Waals surface area contributed by atoms with E-state index in [0.717, 1.165) is 11.3 Å². The van der Waals surface area contributed by atoms with Crippen LogP contribution in [0.5, 0.6) is 0 Å². The topological polar surface area (TPSA) is 76.9 Å². The summed E-state index contributed by atoms with van der Waals surface area (Å²) in [4.78, 5) is 24.6. The maximum absolute atomic E-state index is 14.9. The second-order valence-electron chi connectivity index (χ2n) is 8.20. The van der Waals surface area contributed by atoms with Crippen LogP contribution in [0.4, 0.5) is 14.7 Å². The number of ether oxygens (including phenoxy) is 1. The zero-order valence-corrected chi connectivity index (χ0v) is 19.6. The highest BCUT2D eigenvalue weighted by atomic mass is 35.5. The van der Waals surface area contributed by atoms with E-state index in [1.165, 1.54) is 12.1 Å². The maximum atomic E-state index is 14.9. The van der Waals surface area contributed by atoms with Crippen molar-refractivity contribution in [2.24, 2.45) is 0 Å². The van der Waals surface area contributed by atoms with Gasteiger partial charge in [0.2, 0.25) is 5.95 Å². The molecule has 0 amide bonds. The molecule has 4 aromatic rings. The van der Waals surface area contributed by atoms with Crippen molar-refractivity contribution in [3.05, 3.63) is 69.8 Å². The van der Waals surface area contributed by atoms with Gasteiger partial charge in [0.15, 0.2) is 17.3 Å². The molecule has 0 bridgehead atoms. The molecule has 0 saturated carbocycles. The van der Waals surface area contributed by atoms with Crippen LogP contribution in [0, 0.1) is 32.4 Å². The number of rotatable bonds is 3. The highest BCUT2D eigenvalue weighted by molar-refractivity contribution is 6.30. The number of anilines is 1. The summed E-state index contributed by atoms with van der Waals surface area (Å²) in [5, 5.41) is -0.304.